The maximum absolute atomic E-state index is 12.8. The molecule has 1 aliphatic carbocycles. The Bertz CT molecular complexity index is 1180. The summed E-state index contributed by atoms with van der Waals surface area (Å²) >= 11 is 0. The predicted molar refractivity (Wildman–Crippen MR) is 152 cm³/mol. The Morgan fingerprint density at radius 3 is 1.61 bits per heavy atom. The average Bonchev–Trinajstić information content (AvgIpc) is 2.94. The number of benzene rings is 3. The van der Waals surface area contributed by atoms with Crippen LogP contribution in [0.4, 0.5) is 0 Å². The molecule has 4 nitrogen and oxygen atoms in total. The first kappa shape index (κ1) is 27.6. The lowest BCUT2D eigenvalue weighted by atomic mass is 9.67. The van der Waals surface area contributed by atoms with Crippen molar-refractivity contribution in [1.82, 2.24) is 0 Å². The minimum absolute atomic E-state index is 0.0788. The van der Waals surface area contributed by atoms with Gasteiger partial charge < -0.3 is 9.47 Å². The van der Waals surface area contributed by atoms with Crippen molar-refractivity contribution in [3.63, 3.8) is 0 Å². The molecule has 1 fully saturated rings. The zero-order valence-electron chi connectivity index (χ0n) is 22.8. The molecule has 0 atom stereocenters. The second kappa shape index (κ2) is 13.4. The molecule has 0 amide bonds. The molecule has 0 N–H and O–H groups in total. The van der Waals surface area contributed by atoms with Crippen molar-refractivity contribution in [3.8, 4) is 11.5 Å². The molecular weight excluding hydrogens is 472 g/mol. The Balaban J connectivity index is 1.61. The van der Waals surface area contributed by atoms with Gasteiger partial charge in [-0.15, -0.1) is 0 Å². The normalized spacial score (nSPS) is 16.5. The monoisotopic (exact) mass is 512 g/mol. The van der Waals surface area contributed by atoms with Crippen LogP contribution in [0.3, 0.4) is 0 Å². The Kier molecular flexibility index (Phi) is 9.75. The van der Waals surface area contributed by atoms with Crippen molar-refractivity contribution >= 4 is 11.8 Å². The van der Waals surface area contributed by atoms with E-state index in [9.17, 15) is 9.59 Å². The number of rotatable bonds is 6. The number of ether oxygens (including phenoxy) is 2. The van der Waals surface area contributed by atoms with Gasteiger partial charge in [-0.2, -0.15) is 0 Å². The van der Waals surface area contributed by atoms with E-state index in [1.165, 1.54) is 75.8 Å². The molecule has 3 aromatic carbocycles. The van der Waals surface area contributed by atoms with Crippen LogP contribution in [0.5, 0.6) is 11.5 Å². The lowest BCUT2D eigenvalue weighted by Crippen LogP contribution is -2.28. The molecule has 0 heterocycles. The first-order chi connectivity index (χ1) is 18.5. The molecule has 0 aromatic heterocycles. The number of carbonyl (C=O) groups is 2. The van der Waals surface area contributed by atoms with Gasteiger partial charge in [0.05, 0.1) is 12.7 Å². The summed E-state index contributed by atoms with van der Waals surface area (Å²) in [5, 5.41) is 0. The van der Waals surface area contributed by atoms with Gasteiger partial charge in [-0.3, -0.25) is 4.79 Å². The number of ketones is 1. The van der Waals surface area contributed by atoms with Crippen LogP contribution in [0.25, 0.3) is 0 Å². The Morgan fingerprint density at radius 2 is 1.11 bits per heavy atom. The Hall–Kier alpha value is -3.40. The smallest absolute Gasteiger partial charge is 0.343 e. The summed E-state index contributed by atoms with van der Waals surface area (Å²) in [6, 6.07) is 23.3. The molecule has 0 bridgehead atoms. The summed E-state index contributed by atoms with van der Waals surface area (Å²) in [6.45, 7) is 1.49. The van der Waals surface area contributed by atoms with E-state index >= 15 is 0 Å². The van der Waals surface area contributed by atoms with Crippen molar-refractivity contribution in [2.75, 3.05) is 7.11 Å². The van der Waals surface area contributed by atoms with Crippen molar-refractivity contribution in [1.29, 1.82) is 0 Å². The van der Waals surface area contributed by atoms with Crippen molar-refractivity contribution in [3.05, 3.63) is 95.1 Å². The van der Waals surface area contributed by atoms with Crippen LogP contribution in [-0.4, -0.2) is 18.9 Å². The van der Waals surface area contributed by atoms with Crippen molar-refractivity contribution < 1.29 is 19.1 Å². The number of hydrogen-bond donors (Lipinski definition) is 0. The van der Waals surface area contributed by atoms with E-state index in [1.807, 2.05) is 12.1 Å². The first-order valence-corrected chi connectivity index (χ1v) is 14.1. The van der Waals surface area contributed by atoms with Gasteiger partial charge in [-0.05, 0) is 67.3 Å². The fraction of sp³-hybridized carbons (Fsp3) is 0.412. The fourth-order valence-electron chi connectivity index (χ4n) is 5.74. The SMILES string of the molecule is COc1ccc(C2(c3ccc(OC(=O)c4cccc(C(C)=O)c4)cc3)CCCCCCCCCCC2)cc1. The van der Waals surface area contributed by atoms with Gasteiger partial charge in [0.2, 0.25) is 0 Å². The number of Topliss-reactive ketones (excluding diaryl/α,β-unsaturated/α-hetero) is 1. The highest BCUT2D eigenvalue weighted by Gasteiger charge is 2.33. The lowest BCUT2D eigenvalue weighted by Gasteiger charge is -2.36. The first-order valence-electron chi connectivity index (χ1n) is 14.1. The van der Waals surface area contributed by atoms with E-state index in [2.05, 4.69) is 36.4 Å². The van der Waals surface area contributed by atoms with E-state index in [4.69, 9.17) is 9.47 Å². The highest BCUT2D eigenvalue weighted by molar-refractivity contribution is 5.98. The number of methoxy groups -OCH3 is 1. The molecule has 0 unspecified atom stereocenters. The summed E-state index contributed by atoms with van der Waals surface area (Å²) < 4.78 is 11.1. The van der Waals surface area contributed by atoms with Crippen LogP contribution in [-0.2, 0) is 5.41 Å². The molecular formula is C34H40O4. The molecule has 3 aromatic rings. The second-order valence-corrected chi connectivity index (χ2v) is 10.5. The third-order valence-electron chi connectivity index (χ3n) is 7.97. The molecule has 200 valence electrons. The molecule has 0 saturated heterocycles. The summed E-state index contributed by atoms with van der Waals surface area (Å²) in [6.07, 6.45) is 13.7. The van der Waals surface area contributed by atoms with E-state index in [-0.39, 0.29) is 11.2 Å². The van der Waals surface area contributed by atoms with E-state index in [0.29, 0.717) is 16.9 Å². The molecule has 0 radical (unpaired) electrons. The zero-order chi connectivity index (χ0) is 26.8. The second-order valence-electron chi connectivity index (χ2n) is 10.5. The third-order valence-corrected chi connectivity index (χ3v) is 7.97. The fourth-order valence-corrected chi connectivity index (χ4v) is 5.74. The Labute approximate surface area is 227 Å². The van der Waals surface area contributed by atoms with E-state index in [1.54, 1.807) is 31.4 Å². The Morgan fingerprint density at radius 1 is 0.632 bits per heavy atom. The van der Waals surface area contributed by atoms with Crippen molar-refractivity contribution in [2.24, 2.45) is 0 Å². The minimum Gasteiger partial charge on any atom is -0.497 e. The predicted octanol–water partition coefficient (Wildman–Crippen LogP) is 8.71. The van der Waals surface area contributed by atoms with Gasteiger partial charge in [0.1, 0.15) is 11.5 Å². The molecule has 0 aliphatic heterocycles. The minimum atomic E-state index is -0.461. The number of esters is 1. The molecule has 38 heavy (non-hydrogen) atoms. The lowest BCUT2D eigenvalue weighted by molar-refractivity contribution is 0.0734. The van der Waals surface area contributed by atoms with Gasteiger partial charge >= 0.3 is 5.97 Å². The summed E-state index contributed by atoms with van der Waals surface area (Å²) in [5.74, 6) is 0.833. The average molecular weight is 513 g/mol. The highest BCUT2D eigenvalue weighted by Crippen LogP contribution is 2.43. The van der Waals surface area contributed by atoms with Gasteiger partial charge in [0.25, 0.3) is 0 Å². The van der Waals surface area contributed by atoms with Gasteiger partial charge in [-0.25, -0.2) is 4.79 Å². The van der Waals surface area contributed by atoms with Crippen LogP contribution in [0.2, 0.25) is 0 Å². The molecule has 1 saturated carbocycles. The number of hydrogen-bond acceptors (Lipinski definition) is 4. The zero-order valence-corrected chi connectivity index (χ0v) is 22.8. The summed E-state index contributed by atoms with van der Waals surface area (Å²) in [7, 11) is 1.71. The van der Waals surface area contributed by atoms with Gasteiger partial charge in [0.15, 0.2) is 5.78 Å². The topological polar surface area (TPSA) is 52.6 Å². The van der Waals surface area contributed by atoms with Crippen LogP contribution in [0.15, 0.2) is 72.8 Å². The van der Waals surface area contributed by atoms with Crippen LogP contribution in [0, 0.1) is 0 Å². The van der Waals surface area contributed by atoms with Gasteiger partial charge in [0, 0.05) is 11.0 Å². The molecule has 4 heteroatoms. The van der Waals surface area contributed by atoms with E-state index < -0.39 is 5.97 Å². The summed E-state index contributed by atoms with van der Waals surface area (Å²) in [4.78, 5) is 24.5. The molecule has 0 spiro atoms. The van der Waals surface area contributed by atoms with Crippen LogP contribution >= 0.6 is 0 Å². The van der Waals surface area contributed by atoms with E-state index in [0.717, 1.165) is 18.6 Å². The third kappa shape index (κ3) is 6.92. The van der Waals surface area contributed by atoms with Gasteiger partial charge in [-0.1, -0.05) is 94.2 Å². The van der Waals surface area contributed by atoms with Crippen molar-refractivity contribution in [2.45, 2.75) is 83.0 Å². The molecule has 4 rings (SSSR count). The maximum atomic E-state index is 12.8. The quantitative estimate of drug-likeness (QED) is 0.188. The van der Waals surface area contributed by atoms with Crippen LogP contribution in [0.1, 0.15) is 109 Å². The number of carbonyl (C=O) groups excluding carboxylic acids is 2. The maximum Gasteiger partial charge on any atom is 0.343 e. The molecule has 1 aliphatic rings. The highest BCUT2D eigenvalue weighted by atomic mass is 16.5. The van der Waals surface area contributed by atoms with Crippen LogP contribution < -0.4 is 9.47 Å². The standard InChI is InChI=1S/C34H40O4/c1-26(35)27-13-12-14-28(25-27)33(36)38-32-21-17-30(18-22-32)34(29-15-19-31(37-2)20-16-29)23-10-8-6-4-3-5-7-9-11-24-34/h12-22,25H,3-11,23-24H2,1-2H3. The summed E-state index contributed by atoms with van der Waals surface area (Å²) in [5.41, 5.74) is 3.36. The largest absolute Gasteiger partial charge is 0.497 e.